The molecule has 138 valence electrons. The Kier molecular flexibility index (Phi) is 4.11. The van der Waals surface area contributed by atoms with E-state index >= 15 is 0 Å². The van der Waals surface area contributed by atoms with Gasteiger partial charge in [0.2, 0.25) is 11.8 Å². The predicted molar refractivity (Wildman–Crippen MR) is 80.1 cm³/mol. The standard InChI is InChI=1S/C12H18N6O6S/c19-12-17-6-8(18(12)25(21,22)24-20)1-2-9(17)11-16-15-10(23-11)5-14-7-3-13-4-7/h7-9,13-14,20H,1-6H2/t8-,9+/m1/s1. The van der Waals surface area contributed by atoms with Crippen LogP contribution in [0.5, 0.6) is 0 Å². The number of hydrogen-bond acceptors (Lipinski definition) is 10. The summed E-state index contributed by atoms with van der Waals surface area (Å²) in [6.45, 7) is 2.41. The van der Waals surface area contributed by atoms with Gasteiger partial charge in [0, 0.05) is 25.7 Å². The van der Waals surface area contributed by atoms with Crippen LogP contribution in [0.1, 0.15) is 30.7 Å². The summed E-state index contributed by atoms with van der Waals surface area (Å²) in [5, 5.41) is 22.9. The maximum absolute atomic E-state index is 12.4. The van der Waals surface area contributed by atoms with Crippen molar-refractivity contribution in [1.29, 1.82) is 0 Å². The minimum absolute atomic E-state index is 0.190. The third kappa shape index (κ3) is 2.87. The maximum atomic E-state index is 12.4. The third-order valence-electron chi connectivity index (χ3n) is 4.75. The zero-order chi connectivity index (χ0) is 17.6. The van der Waals surface area contributed by atoms with Crippen LogP contribution in [-0.4, -0.2) is 70.8 Å². The van der Waals surface area contributed by atoms with E-state index in [4.69, 9.17) is 9.67 Å². The van der Waals surface area contributed by atoms with Crippen LogP contribution < -0.4 is 10.6 Å². The average molecular weight is 374 g/mol. The monoisotopic (exact) mass is 374 g/mol. The highest BCUT2D eigenvalue weighted by atomic mass is 32.2. The van der Waals surface area contributed by atoms with Crippen molar-refractivity contribution in [3.05, 3.63) is 11.8 Å². The summed E-state index contributed by atoms with van der Waals surface area (Å²) in [7, 11) is -4.50. The maximum Gasteiger partial charge on any atom is 0.392 e. The van der Waals surface area contributed by atoms with E-state index in [1.54, 1.807) is 0 Å². The van der Waals surface area contributed by atoms with Gasteiger partial charge < -0.3 is 20.0 Å². The van der Waals surface area contributed by atoms with E-state index in [0.29, 0.717) is 35.6 Å². The number of rotatable bonds is 6. The first kappa shape index (κ1) is 16.7. The lowest BCUT2D eigenvalue weighted by Gasteiger charge is -2.28. The highest BCUT2D eigenvalue weighted by Crippen LogP contribution is 2.39. The van der Waals surface area contributed by atoms with Gasteiger partial charge >= 0.3 is 16.3 Å². The molecule has 0 spiro atoms. The molecule has 0 aliphatic carbocycles. The van der Waals surface area contributed by atoms with E-state index in [1.807, 2.05) is 0 Å². The number of fused-ring (bicyclic) bond motifs is 2. The van der Waals surface area contributed by atoms with Gasteiger partial charge in [-0.2, -0.15) is 12.7 Å². The van der Waals surface area contributed by atoms with Gasteiger partial charge in [-0.05, 0) is 12.8 Å². The van der Waals surface area contributed by atoms with Gasteiger partial charge in [-0.15, -0.1) is 10.2 Å². The molecular weight excluding hydrogens is 356 g/mol. The fraction of sp³-hybridized carbons (Fsp3) is 0.750. The van der Waals surface area contributed by atoms with E-state index < -0.39 is 28.4 Å². The molecule has 4 heterocycles. The largest absolute Gasteiger partial charge is 0.422 e. The minimum atomic E-state index is -4.50. The molecule has 0 aromatic carbocycles. The summed E-state index contributed by atoms with van der Waals surface area (Å²) in [6, 6.07) is -1.45. The van der Waals surface area contributed by atoms with Crippen LogP contribution in [0.2, 0.25) is 0 Å². The SMILES string of the molecule is O=C1N2C[C@@H](CC[C@H]2c2nnc(CNC3CNC3)o2)N1S(=O)(=O)OO. The van der Waals surface area contributed by atoms with Crippen molar-refractivity contribution < 1.29 is 27.2 Å². The molecule has 3 aliphatic rings. The zero-order valence-electron chi connectivity index (χ0n) is 13.2. The van der Waals surface area contributed by atoms with Crippen molar-refractivity contribution in [2.75, 3.05) is 19.6 Å². The fourth-order valence-electron chi connectivity index (χ4n) is 3.35. The lowest BCUT2D eigenvalue weighted by Crippen LogP contribution is -2.55. The summed E-state index contributed by atoms with van der Waals surface area (Å²) in [5.74, 6) is 0.693. The number of aromatic nitrogens is 2. The lowest BCUT2D eigenvalue weighted by atomic mass is 10.0. The molecule has 13 heteroatoms. The van der Waals surface area contributed by atoms with Crippen molar-refractivity contribution in [2.45, 2.75) is 37.5 Å². The second kappa shape index (κ2) is 6.17. The molecule has 25 heavy (non-hydrogen) atoms. The quantitative estimate of drug-likeness (QED) is 0.409. The first-order valence-corrected chi connectivity index (χ1v) is 9.30. The molecule has 1 aromatic rings. The first-order valence-electron chi connectivity index (χ1n) is 7.94. The predicted octanol–water partition coefficient (Wildman–Crippen LogP) is -1.19. The van der Waals surface area contributed by atoms with Gasteiger partial charge in [0.25, 0.3) is 0 Å². The summed E-state index contributed by atoms with van der Waals surface area (Å²) in [5.41, 5.74) is 0. The second-order valence-electron chi connectivity index (χ2n) is 6.28. The number of nitrogens with one attached hydrogen (secondary N) is 2. The van der Waals surface area contributed by atoms with E-state index in [0.717, 1.165) is 13.1 Å². The Hall–Kier alpha value is -1.80. The van der Waals surface area contributed by atoms with Crippen molar-refractivity contribution >= 4 is 16.3 Å². The van der Waals surface area contributed by atoms with Gasteiger partial charge in [-0.25, -0.2) is 10.1 Å². The Labute approximate surface area is 143 Å². The fourth-order valence-corrected chi connectivity index (χ4v) is 4.25. The number of carbonyl (C=O) groups is 1. The molecule has 3 aliphatic heterocycles. The van der Waals surface area contributed by atoms with Gasteiger partial charge in [0.1, 0.15) is 6.04 Å². The van der Waals surface area contributed by atoms with Crippen molar-refractivity contribution in [3.8, 4) is 0 Å². The molecule has 4 rings (SSSR count). The van der Waals surface area contributed by atoms with Crippen molar-refractivity contribution in [1.82, 2.24) is 30.0 Å². The van der Waals surface area contributed by atoms with Crippen molar-refractivity contribution in [3.63, 3.8) is 0 Å². The molecule has 2 atom stereocenters. The molecule has 3 fully saturated rings. The van der Waals surface area contributed by atoms with Crippen LogP contribution in [0.15, 0.2) is 4.42 Å². The number of piperidine rings is 1. The molecule has 0 unspecified atom stereocenters. The summed E-state index contributed by atoms with van der Waals surface area (Å²) in [4.78, 5) is 13.8. The van der Waals surface area contributed by atoms with Crippen LogP contribution in [-0.2, 0) is 21.2 Å². The van der Waals surface area contributed by atoms with Crippen LogP contribution >= 0.6 is 0 Å². The van der Waals surface area contributed by atoms with Crippen LogP contribution in [0, 0.1) is 0 Å². The molecule has 3 saturated heterocycles. The highest BCUT2D eigenvalue weighted by Gasteiger charge is 2.52. The topological polar surface area (TPSA) is 150 Å². The molecule has 0 radical (unpaired) electrons. The Morgan fingerprint density at radius 2 is 2.16 bits per heavy atom. The minimum Gasteiger partial charge on any atom is -0.422 e. The van der Waals surface area contributed by atoms with E-state index in [2.05, 4.69) is 25.2 Å². The summed E-state index contributed by atoms with van der Waals surface area (Å²) < 4.78 is 33.2. The molecule has 2 bridgehead atoms. The van der Waals surface area contributed by atoms with E-state index in [1.165, 1.54) is 4.90 Å². The number of carbonyl (C=O) groups excluding carboxylic acids is 1. The molecule has 2 amide bonds. The zero-order valence-corrected chi connectivity index (χ0v) is 14.0. The highest BCUT2D eigenvalue weighted by molar-refractivity contribution is 7.84. The van der Waals surface area contributed by atoms with Gasteiger partial charge in [-0.1, -0.05) is 4.33 Å². The molecule has 3 N–H and O–H groups in total. The summed E-state index contributed by atoms with van der Waals surface area (Å²) in [6.07, 6.45) is 0.897. The lowest BCUT2D eigenvalue weighted by molar-refractivity contribution is -0.135. The Balaban J connectivity index is 1.47. The smallest absolute Gasteiger partial charge is 0.392 e. The summed E-state index contributed by atoms with van der Waals surface area (Å²) >= 11 is 0. The second-order valence-corrected chi connectivity index (χ2v) is 7.68. The van der Waals surface area contributed by atoms with Gasteiger partial charge in [0.05, 0.1) is 12.6 Å². The van der Waals surface area contributed by atoms with Crippen molar-refractivity contribution in [2.24, 2.45) is 0 Å². The molecule has 1 aromatic heterocycles. The first-order chi connectivity index (χ1) is 12.0. The van der Waals surface area contributed by atoms with Crippen LogP contribution in [0.3, 0.4) is 0 Å². The van der Waals surface area contributed by atoms with E-state index in [9.17, 15) is 13.2 Å². The Bertz CT molecular complexity index is 764. The number of amides is 2. The Morgan fingerprint density at radius 3 is 2.84 bits per heavy atom. The number of hydrogen-bond donors (Lipinski definition) is 3. The van der Waals surface area contributed by atoms with Gasteiger partial charge in [-0.3, -0.25) is 0 Å². The average Bonchev–Trinajstić information content (AvgIpc) is 3.11. The normalized spacial score (nSPS) is 27.0. The molecule has 0 saturated carbocycles. The molecule has 12 nitrogen and oxygen atoms in total. The third-order valence-corrected chi connectivity index (χ3v) is 5.87. The van der Waals surface area contributed by atoms with Gasteiger partial charge in [0.15, 0.2) is 0 Å². The van der Waals surface area contributed by atoms with Crippen LogP contribution in [0.4, 0.5) is 4.79 Å². The molecular formula is C12H18N6O6S. The van der Waals surface area contributed by atoms with E-state index in [-0.39, 0.29) is 12.4 Å². The number of urea groups is 1. The Morgan fingerprint density at radius 1 is 1.36 bits per heavy atom. The number of nitrogens with zero attached hydrogens (tertiary/aromatic N) is 4. The van der Waals surface area contributed by atoms with Crippen LogP contribution in [0.25, 0.3) is 0 Å².